The zero-order valence-electron chi connectivity index (χ0n) is 21.3. The molecule has 0 bridgehead atoms. The van der Waals surface area contributed by atoms with Crippen molar-refractivity contribution >= 4 is 11.9 Å². The van der Waals surface area contributed by atoms with Crippen LogP contribution < -0.4 is 0 Å². The summed E-state index contributed by atoms with van der Waals surface area (Å²) in [5.41, 5.74) is 0. The summed E-state index contributed by atoms with van der Waals surface area (Å²) in [6.45, 7) is 2.73. The molecule has 0 heterocycles. The number of carbonyl (C=O) groups is 2. The molecule has 0 aliphatic heterocycles. The van der Waals surface area contributed by atoms with Gasteiger partial charge in [0.1, 0.15) is 6.54 Å². The predicted octanol–water partition coefficient (Wildman–Crippen LogP) is 6.67. The van der Waals surface area contributed by atoms with Crippen LogP contribution in [0.15, 0.2) is 24.3 Å². The average molecular weight is 453 g/mol. The Morgan fingerprint density at radius 2 is 1.31 bits per heavy atom. The average Bonchev–Trinajstić information content (AvgIpc) is 2.68. The van der Waals surface area contributed by atoms with Crippen LogP contribution in [0, 0.1) is 0 Å². The molecule has 0 aliphatic rings. The van der Waals surface area contributed by atoms with Crippen molar-refractivity contribution in [1.82, 2.24) is 0 Å². The summed E-state index contributed by atoms with van der Waals surface area (Å²) in [5, 5.41) is 9.00. The molecule has 0 aromatic rings. The highest BCUT2D eigenvalue weighted by Gasteiger charge is 2.23. The van der Waals surface area contributed by atoms with Gasteiger partial charge < -0.3 is 14.3 Å². The molecule has 0 aliphatic carbocycles. The maximum absolute atomic E-state index is 11.9. The molecule has 5 nitrogen and oxygen atoms in total. The minimum atomic E-state index is -0.960. The van der Waals surface area contributed by atoms with Gasteiger partial charge in [-0.2, -0.15) is 0 Å². The van der Waals surface area contributed by atoms with E-state index in [4.69, 9.17) is 9.84 Å². The summed E-state index contributed by atoms with van der Waals surface area (Å²) < 4.78 is 5.85. The van der Waals surface area contributed by atoms with Crippen molar-refractivity contribution in [3.63, 3.8) is 0 Å². The third-order valence-corrected chi connectivity index (χ3v) is 5.39. The molecule has 0 fully saturated rings. The quantitative estimate of drug-likeness (QED) is 0.0694. The van der Waals surface area contributed by atoms with Crippen molar-refractivity contribution in [2.45, 2.75) is 109 Å². The fourth-order valence-corrected chi connectivity index (χ4v) is 3.74. The van der Waals surface area contributed by atoms with E-state index < -0.39 is 18.0 Å². The summed E-state index contributed by atoms with van der Waals surface area (Å²) >= 11 is 0. The van der Waals surface area contributed by atoms with Gasteiger partial charge in [0.2, 0.25) is 0 Å². The molecular weight excluding hydrogens is 402 g/mol. The maximum atomic E-state index is 11.9. The molecule has 0 amide bonds. The number of ether oxygens (including phenoxy) is 1. The van der Waals surface area contributed by atoms with Crippen LogP contribution in [-0.2, 0) is 14.3 Å². The molecule has 1 atom stereocenters. The van der Waals surface area contributed by atoms with Crippen LogP contribution in [0.5, 0.6) is 0 Å². The fourth-order valence-electron chi connectivity index (χ4n) is 3.74. The van der Waals surface area contributed by atoms with E-state index in [2.05, 4.69) is 13.0 Å². The third kappa shape index (κ3) is 23.1. The Morgan fingerprint density at radius 3 is 1.78 bits per heavy atom. The fraction of sp³-hybridized carbons (Fsp3) is 0.778. The standard InChI is InChI=1S/C27H49NO4/c1-5-6-7-8-9-10-11-12-13-14-15-16-17-18-19-20-21-22-27(31)32-25(23-26(29)30)24-28(2,3)4/h19-22,25H,5-18,23-24H2,1-4H3/p+1. The first kappa shape index (κ1) is 30.4. The van der Waals surface area contributed by atoms with Crippen molar-refractivity contribution in [3.05, 3.63) is 24.3 Å². The van der Waals surface area contributed by atoms with E-state index >= 15 is 0 Å². The lowest BCUT2D eigenvalue weighted by molar-refractivity contribution is -0.873. The number of unbranched alkanes of at least 4 members (excludes halogenated alkanes) is 13. The molecule has 5 heteroatoms. The van der Waals surface area contributed by atoms with Crippen molar-refractivity contribution in [3.8, 4) is 0 Å². The zero-order chi connectivity index (χ0) is 24.1. The lowest BCUT2D eigenvalue weighted by Crippen LogP contribution is -2.43. The Hall–Kier alpha value is -1.62. The Labute approximate surface area is 197 Å². The van der Waals surface area contributed by atoms with Crippen molar-refractivity contribution < 1.29 is 23.9 Å². The SMILES string of the molecule is CCCCCCCCCCCCCCCC=CC=CC(=O)OC(CC(=O)O)C[N+](C)(C)C. The second kappa shape index (κ2) is 20.0. The van der Waals surface area contributed by atoms with Gasteiger partial charge in [-0.25, -0.2) is 4.79 Å². The molecule has 0 rings (SSSR count). The van der Waals surface area contributed by atoms with Gasteiger partial charge in [-0.05, 0) is 12.8 Å². The molecule has 0 aromatic heterocycles. The summed E-state index contributed by atoms with van der Waals surface area (Å²) in [7, 11) is 5.83. The minimum Gasteiger partial charge on any atom is -0.481 e. The topological polar surface area (TPSA) is 63.6 Å². The number of aliphatic carboxylic acids is 1. The van der Waals surface area contributed by atoms with E-state index in [1.54, 1.807) is 6.08 Å². The number of hydrogen-bond acceptors (Lipinski definition) is 3. The lowest BCUT2D eigenvalue weighted by atomic mass is 10.0. The first-order valence-corrected chi connectivity index (χ1v) is 12.8. The van der Waals surface area contributed by atoms with E-state index in [1.807, 2.05) is 27.2 Å². The predicted molar refractivity (Wildman–Crippen MR) is 134 cm³/mol. The van der Waals surface area contributed by atoms with E-state index in [-0.39, 0.29) is 6.42 Å². The number of esters is 1. The monoisotopic (exact) mass is 452 g/mol. The number of carboxylic acids is 1. The summed E-state index contributed by atoms with van der Waals surface area (Å²) in [5.74, 6) is -1.45. The van der Waals surface area contributed by atoms with Crippen molar-refractivity contribution in [2.75, 3.05) is 27.7 Å². The Kier molecular flexibility index (Phi) is 19.0. The van der Waals surface area contributed by atoms with Gasteiger partial charge in [0.15, 0.2) is 6.10 Å². The second-order valence-corrected chi connectivity index (χ2v) is 9.95. The van der Waals surface area contributed by atoms with Crippen LogP contribution in [0.3, 0.4) is 0 Å². The molecular formula is C27H50NO4+. The van der Waals surface area contributed by atoms with Gasteiger partial charge in [0.05, 0.1) is 27.6 Å². The minimum absolute atomic E-state index is 0.177. The van der Waals surface area contributed by atoms with Crippen LogP contribution in [0.25, 0.3) is 0 Å². The molecule has 0 aromatic carbocycles. The molecule has 32 heavy (non-hydrogen) atoms. The number of nitrogens with zero attached hydrogens (tertiary/aromatic N) is 1. The molecule has 0 saturated heterocycles. The number of allylic oxidation sites excluding steroid dienone is 3. The highest BCUT2D eigenvalue weighted by Crippen LogP contribution is 2.13. The smallest absolute Gasteiger partial charge is 0.331 e. The zero-order valence-corrected chi connectivity index (χ0v) is 21.3. The Balaban J connectivity index is 3.72. The van der Waals surface area contributed by atoms with Gasteiger partial charge >= 0.3 is 11.9 Å². The molecule has 0 radical (unpaired) electrons. The summed E-state index contributed by atoms with van der Waals surface area (Å²) in [6.07, 6.45) is 24.8. The van der Waals surface area contributed by atoms with Gasteiger partial charge in [-0.15, -0.1) is 0 Å². The van der Waals surface area contributed by atoms with Crippen LogP contribution in [-0.4, -0.2) is 55.3 Å². The first-order valence-electron chi connectivity index (χ1n) is 12.8. The van der Waals surface area contributed by atoms with Crippen molar-refractivity contribution in [1.29, 1.82) is 0 Å². The van der Waals surface area contributed by atoms with Crippen LogP contribution in [0.2, 0.25) is 0 Å². The van der Waals surface area contributed by atoms with Gasteiger partial charge in [0.25, 0.3) is 0 Å². The number of carboxylic acid groups (broad SMARTS) is 1. The normalized spacial score (nSPS) is 13.1. The largest absolute Gasteiger partial charge is 0.481 e. The highest BCUT2D eigenvalue weighted by molar-refractivity contribution is 5.82. The number of quaternary nitrogens is 1. The third-order valence-electron chi connectivity index (χ3n) is 5.39. The Morgan fingerprint density at radius 1 is 0.812 bits per heavy atom. The van der Waals surface area contributed by atoms with E-state index in [0.29, 0.717) is 11.0 Å². The van der Waals surface area contributed by atoms with Crippen molar-refractivity contribution in [2.24, 2.45) is 0 Å². The molecule has 0 saturated carbocycles. The van der Waals surface area contributed by atoms with E-state index in [0.717, 1.165) is 6.42 Å². The molecule has 0 spiro atoms. The summed E-state index contributed by atoms with van der Waals surface area (Å²) in [4.78, 5) is 22.9. The molecule has 1 unspecified atom stereocenters. The molecule has 1 N–H and O–H groups in total. The number of likely N-dealkylation sites (N-methyl/N-ethyl adjacent to an activating group) is 1. The van der Waals surface area contributed by atoms with Crippen LogP contribution in [0.4, 0.5) is 0 Å². The van der Waals surface area contributed by atoms with Crippen LogP contribution in [0.1, 0.15) is 103 Å². The maximum Gasteiger partial charge on any atom is 0.331 e. The van der Waals surface area contributed by atoms with Gasteiger partial charge in [-0.3, -0.25) is 4.79 Å². The van der Waals surface area contributed by atoms with E-state index in [9.17, 15) is 9.59 Å². The lowest BCUT2D eigenvalue weighted by Gasteiger charge is -2.28. The van der Waals surface area contributed by atoms with Crippen LogP contribution >= 0.6 is 0 Å². The number of hydrogen-bond donors (Lipinski definition) is 1. The Bertz CT molecular complexity index is 534. The van der Waals surface area contributed by atoms with E-state index in [1.165, 1.54) is 89.5 Å². The number of carbonyl (C=O) groups excluding carboxylic acids is 1. The van der Waals surface area contributed by atoms with Gasteiger partial charge in [-0.1, -0.05) is 102 Å². The van der Waals surface area contributed by atoms with Gasteiger partial charge in [0, 0.05) is 6.08 Å². The molecule has 186 valence electrons. The first-order chi connectivity index (χ1) is 15.2. The second-order valence-electron chi connectivity index (χ2n) is 9.95. The summed E-state index contributed by atoms with van der Waals surface area (Å²) in [6, 6.07) is 0. The number of rotatable bonds is 21. The highest BCUT2D eigenvalue weighted by atomic mass is 16.5.